The predicted molar refractivity (Wildman–Crippen MR) is 86.4 cm³/mol. The summed E-state index contributed by atoms with van der Waals surface area (Å²) in [4.78, 5) is 14.1. The smallest absolute Gasteiger partial charge is 0.256 e. The molecule has 1 aromatic carbocycles. The fraction of sp³-hybridized carbons (Fsp3) is 0.133. The quantitative estimate of drug-likeness (QED) is 0.677. The third-order valence-corrected chi connectivity index (χ3v) is 4.17. The normalized spacial score (nSPS) is 9.70. The molecule has 0 saturated heterocycles. The minimum absolute atomic E-state index is 0.122. The monoisotopic (exact) mass is 302 g/mol. The second kappa shape index (κ2) is 7.15. The highest BCUT2D eigenvalue weighted by Gasteiger charge is 2.10. The Morgan fingerprint density at radius 1 is 1.45 bits per heavy atom. The number of rotatable bonds is 3. The van der Waals surface area contributed by atoms with Gasteiger partial charge in [-0.2, -0.15) is 0 Å². The number of amides is 1. The third-order valence-electron chi connectivity index (χ3n) is 2.53. The van der Waals surface area contributed by atoms with Gasteiger partial charge in [0.25, 0.3) is 5.91 Å². The molecular weight excluding hydrogens is 288 g/mol. The van der Waals surface area contributed by atoms with Crippen LogP contribution in [-0.4, -0.2) is 18.7 Å². The number of para-hydroxylation sites is 1. The van der Waals surface area contributed by atoms with E-state index in [1.54, 1.807) is 23.2 Å². The lowest BCUT2D eigenvalue weighted by molar-refractivity contribution is 0.102. The van der Waals surface area contributed by atoms with Crippen LogP contribution in [0, 0.1) is 11.8 Å². The van der Waals surface area contributed by atoms with Gasteiger partial charge in [0, 0.05) is 10.3 Å². The van der Waals surface area contributed by atoms with E-state index >= 15 is 0 Å². The lowest BCUT2D eigenvalue weighted by atomic mass is 10.2. The molecule has 0 atom stereocenters. The Hall–Kier alpha value is -1.74. The summed E-state index contributed by atoms with van der Waals surface area (Å²) in [6.45, 7) is 0.320. The van der Waals surface area contributed by atoms with Gasteiger partial charge in [0.1, 0.15) is 0 Å². The van der Waals surface area contributed by atoms with E-state index in [0.717, 1.165) is 15.5 Å². The summed E-state index contributed by atoms with van der Waals surface area (Å²) in [6.07, 6.45) is 1.98. The van der Waals surface area contributed by atoms with Gasteiger partial charge < -0.3 is 11.1 Å². The highest BCUT2D eigenvalue weighted by molar-refractivity contribution is 7.98. The average molecular weight is 302 g/mol. The molecule has 1 heterocycles. The third kappa shape index (κ3) is 3.64. The van der Waals surface area contributed by atoms with E-state index in [4.69, 9.17) is 5.73 Å². The molecule has 0 radical (unpaired) electrons. The molecule has 102 valence electrons. The zero-order valence-corrected chi connectivity index (χ0v) is 12.6. The second-order valence-corrected chi connectivity index (χ2v) is 5.62. The minimum Gasteiger partial charge on any atom is -0.321 e. The number of nitrogens with two attached hydrogens (primary N) is 1. The highest BCUT2D eigenvalue weighted by atomic mass is 32.2. The molecule has 3 nitrogen and oxygen atoms in total. The summed E-state index contributed by atoms with van der Waals surface area (Å²) < 4.78 is 0. The molecule has 0 aliphatic rings. The van der Waals surface area contributed by atoms with E-state index in [1.165, 1.54) is 11.3 Å². The summed E-state index contributed by atoms with van der Waals surface area (Å²) in [5.41, 5.74) is 6.77. The summed E-state index contributed by atoms with van der Waals surface area (Å²) in [7, 11) is 0. The van der Waals surface area contributed by atoms with Gasteiger partial charge in [0.05, 0.1) is 22.7 Å². The second-order valence-electron chi connectivity index (χ2n) is 3.86. The Morgan fingerprint density at radius 3 is 3.00 bits per heavy atom. The molecular formula is C15H14N2OS2. The van der Waals surface area contributed by atoms with Crippen molar-refractivity contribution in [2.24, 2.45) is 5.73 Å². The zero-order valence-electron chi connectivity index (χ0n) is 11.0. The zero-order chi connectivity index (χ0) is 14.4. The number of hydrogen-bond donors (Lipinski definition) is 2. The topological polar surface area (TPSA) is 55.1 Å². The first-order chi connectivity index (χ1) is 9.74. The van der Waals surface area contributed by atoms with Crippen LogP contribution in [0.4, 0.5) is 5.69 Å². The predicted octanol–water partition coefficient (Wildman–Crippen LogP) is 3.03. The fourth-order valence-electron chi connectivity index (χ4n) is 1.60. The maximum Gasteiger partial charge on any atom is 0.256 e. The van der Waals surface area contributed by atoms with Crippen LogP contribution in [0.1, 0.15) is 15.2 Å². The van der Waals surface area contributed by atoms with Crippen LogP contribution >= 0.6 is 23.1 Å². The van der Waals surface area contributed by atoms with E-state index in [2.05, 4.69) is 17.2 Å². The van der Waals surface area contributed by atoms with E-state index in [0.29, 0.717) is 12.1 Å². The summed E-state index contributed by atoms with van der Waals surface area (Å²) >= 11 is 3.04. The fourth-order valence-corrected chi connectivity index (χ4v) is 2.91. The molecule has 0 saturated carbocycles. The highest BCUT2D eigenvalue weighted by Crippen LogP contribution is 2.25. The molecule has 20 heavy (non-hydrogen) atoms. The van der Waals surface area contributed by atoms with Gasteiger partial charge in [0.15, 0.2) is 0 Å². The molecule has 3 N–H and O–H groups in total. The van der Waals surface area contributed by atoms with Crippen LogP contribution < -0.4 is 11.1 Å². The molecule has 1 amide bonds. The van der Waals surface area contributed by atoms with E-state index in [-0.39, 0.29) is 5.91 Å². The summed E-state index contributed by atoms with van der Waals surface area (Å²) in [5.74, 6) is 5.58. The van der Waals surface area contributed by atoms with Crippen molar-refractivity contribution in [1.29, 1.82) is 0 Å². The van der Waals surface area contributed by atoms with Gasteiger partial charge in [-0.05, 0) is 24.5 Å². The van der Waals surface area contributed by atoms with Crippen molar-refractivity contribution in [3.05, 3.63) is 46.2 Å². The molecule has 2 rings (SSSR count). The number of carbonyl (C=O) groups is 1. The Morgan fingerprint density at radius 2 is 2.25 bits per heavy atom. The summed E-state index contributed by atoms with van der Waals surface area (Å²) in [6, 6.07) is 9.51. The maximum absolute atomic E-state index is 12.2. The number of nitrogens with one attached hydrogen (secondary N) is 1. The van der Waals surface area contributed by atoms with Crippen molar-refractivity contribution in [3.8, 4) is 11.8 Å². The van der Waals surface area contributed by atoms with Crippen molar-refractivity contribution in [2.75, 3.05) is 18.1 Å². The Labute approximate surface area is 126 Å². The van der Waals surface area contributed by atoms with Crippen LogP contribution in [0.5, 0.6) is 0 Å². The largest absolute Gasteiger partial charge is 0.321 e. The number of anilines is 1. The van der Waals surface area contributed by atoms with Gasteiger partial charge >= 0.3 is 0 Å². The number of carbonyl (C=O) groups excluding carboxylic acids is 1. The first-order valence-electron chi connectivity index (χ1n) is 5.96. The van der Waals surface area contributed by atoms with E-state index in [9.17, 15) is 4.79 Å². The van der Waals surface area contributed by atoms with Crippen LogP contribution in [-0.2, 0) is 0 Å². The van der Waals surface area contributed by atoms with E-state index < -0.39 is 0 Å². The number of benzene rings is 1. The standard InChI is InChI=1S/C15H14N2OS2/c1-19-14-7-3-2-6-13(14)17-15(18)11-9-12(20-10-11)5-4-8-16/h2-3,6-7,9-10H,8,16H2,1H3,(H,17,18). The van der Waals surface area contributed by atoms with Gasteiger partial charge in [0.2, 0.25) is 0 Å². The Bertz CT molecular complexity index is 668. The number of thiophene rings is 1. The lowest BCUT2D eigenvalue weighted by Crippen LogP contribution is -2.11. The summed E-state index contributed by atoms with van der Waals surface area (Å²) in [5, 5.41) is 4.72. The van der Waals surface area contributed by atoms with Crippen LogP contribution in [0.15, 0.2) is 40.6 Å². The molecule has 0 aliphatic carbocycles. The first-order valence-corrected chi connectivity index (χ1v) is 8.07. The Balaban J connectivity index is 2.14. The van der Waals surface area contributed by atoms with Crippen molar-refractivity contribution >= 4 is 34.7 Å². The molecule has 5 heteroatoms. The van der Waals surface area contributed by atoms with Crippen LogP contribution in [0.2, 0.25) is 0 Å². The van der Waals surface area contributed by atoms with Gasteiger partial charge in [-0.25, -0.2) is 0 Å². The number of thioether (sulfide) groups is 1. The van der Waals surface area contributed by atoms with Gasteiger partial charge in [-0.15, -0.1) is 23.1 Å². The molecule has 0 aliphatic heterocycles. The molecule has 0 bridgehead atoms. The molecule has 0 spiro atoms. The molecule has 2 aromatic rings. The van der Waals surface area contributed by atoms with E-state index in [1.807, 2.05) is 30.5 Å². The lowest BCUT2D eigenvalue weighted by Gasteiger charge is -2.07. The maximum atomic E-state index is 12.2. The molecule has 0 fully saturated rings. The number of hydrogen-bond acceptors (Lipinski definition) is 4. The van der Waals surface area contributed by atoms with Crippen molar-refractivity contribution in [2.45, 2.75) is 4.90 Å². The van der Waals surface area contributed by atoms with Crippen molar-refractivity contribution in [1.82, 2.24) is 0 Å². The van der Waals surface area contributed by atoms with Crippen molar-refractivity contribution < 1.29 is 4.79 Å². The van der Waals surface area contributed by atoms with Crippen LogP contribution in [0.25, 0.3) is 0 Å². The first kappa shape index (κ1) is 14.7. The van der Waals surface area contributed by atoms with Crippen LogP contribution in [0.3, 0.4) is 0 Å². The van der Waals surface area contributed by atoms with Crippen molar-refractivity contribution in [3.63, 3.8) is 0 Å². The van der Waals surface area contributed by atoms with Gasteiger partial charge in [-0.3, -0.25) is 4.79 Å². The minimum atomic E-state index is -0.122. The van der Waals surface area contributed by atoms with Gasteiger partial charge in [-0.1, -0.05) is 24.0 Å². The average Bonchev–Trinajstić information content (AvgIpc) is 2.94. The SMILES string of the molecule is CSc1ccccc1NC(=O)c1csc(C#CCN)c1. The molecule has 1 aromatic heterocycles. The Kier molecular flexibility index (Phi) is 5.24. The molecule has 0 unspecified atom stereocenters.